The average molecular weight is 273 g/mol. The predicted molar refractivity (Wildman–Crippen MR) is 74.9 cm³/mol. The Morgan fingerprint density at radius 1 is 1.21 bits per heavy atom. The van der Waals surface area contributed by atoms with Crippen molar-refractivity contribution < 1.29 is 14.3 Å². The van der Waals surface area contributed by atoms with Gasteiger partial charge in [0, 0.05) is 13.0 Å². The fraction of sp³-hybridized carbons (Fsp3) is 0.846. The van der Waals surface area contributed by atoms with E-state index in [1.165, 1.54) is 0 Å². The van der Waals surface area contributed by atoms with Crippen LogP contribution in [0.1, 0.15) is 26.2 Å². The molecule has 0 rings (SSSR count). The molecule has 0 atom stereocenters. The van der Waals surface area contributed by atoms with Crippen molar-refractivity contribution in [1.29, 1.82) is 0 Å². The first-order valence-corrected chi connectivity index (χ1v) is 6.85. The van der Waals surface area contributed by atoms with E-state index < -0.39 is 0 Å². The van der Waals surface area contributed by atoms with Crippen LogP contribution in [0.25, 0.3) is 0 Å². The molecule has 0 aliphatic heterocycles. The second-order valence-corrected chi connectivity index (χ2v) is 4.45. The second kappa shape index (κ2) is 11.9. The van der Waals surface area contributed by atoms with Crippen molar-refractivity contribution in [3.8, 4) is 0 Å². The summed E-state index contributed by atoms with van der Waals surface area (Å²) in [4.78, 5) is 24.6. The third-order valence-electron chi connectivity index (χ3n) is 2.57. The lowest BCUT2D eigenvalue weighted by atomic mass is 10.3. The van der Waals surface area contributed by atoms with Crippen molar-refractivity contribution in [2.75, 3.05) is 46.9 Å². The number of hydrogen-bond donors (Lipinski definition) is 2. The molecule has 6 heteroatoms. The molecule has 0 radical (unpaired) electrons. The molecule has 0 spiro atoms. The third-order valence-corrected chi connectivity index (χ3v) is 2.57. The van der Waals surface area contributed by atoms with E-state index in [9.17, 15) is 9.59 Å². The lowest BCUT2D eigenvalue weighted by Gasteiger charge is -2.15. The lowest BCUT2D eigenvalue weighted by Crippen LogP contribution is -2.36. The van der Waals surface area contributed by atoms with Gasteiger partial charge in [0.2, 0.25) is 5.91 Å². The van der Waals surface area contributed by atoms with Gasteiger partial charge in [0.05, 0.1) is 13.2 Å². The van der Waals surface area contributed by atoms with Crippen LogP contribution in [-0.2, 0) is 14.3 Å². The highest BCUT2D eigenvalue weighted by atomic mass is 16.5. The highest BCUT2D eigenvalue weighted by Crippen LogP contribution is 1.92. The largest absolute Gasteiger partial charge is 0.466 e. The molecule has 0 aliphatic carbocycles. The van der Waals surface area contributed by atoms with E-state index in [0.717, 1.165) is 19.5 Å². The van der Waals surface area contributed by atoms with Crippen molar-refractivity contribution in [3.63, 3.8) is 0 Å². The summed E-state index contributed by atoms with van der Waals surface area (Å²) in [5, 5.41) is 5.87. The van der Waals surface area contributed by atoms with Crippen LogP contribution < -0.4 is 10.6 Å². The SMILES string of the molecule is CCOC(=O)CCCNC(=O)CN(C)CCCNC. The first-order valence-electron chi connectivity index (χ1n) is 6.85. The maximum Gasteiger partial charge on any atom is 0.305 e. The number of esters is 1. The average Bonchev–Trinajstić information content (AvgIpc) is 2.35. The van der Waals surface area contributed by atoms with Crippen LogP contribution in [0, 0.1) is 0 Å². The third kappa shape index (κ3) is 11.7. The Kier molecular flexibility index (Phi) is 11.2. The summed E-state index contributed by atoms with van der Waals surface area (Å²) < 4.78 is 4.80. The second-order valence-electron chi connectivity index (χ2n) is 4.45. The maximum atomic E-state index is 11.6. The molecule has 0 aromatic rings. The Labute approximate surface area is 115 Å². The Morgan fingerprint density at radius 3 is 2.58 bits per heavy atom. The first-order chi connectivity index (χ1) is 9.10. The van der Waals surface area contributed by atoms with Crippen molar-refractivity contribution >= 4 is 11.9 Å². The van der Waals surface area contributed by atoms with Gasteiger partial charge in [-0.25, -0.2) is 0 Å². The first kappa shape index (κ1) is 17.9. The normalized spacial score (nSPS) is 10.5. The van der Waals surface area contributed by atoms with Gasteiger partial charge in [-0.05, 0) is 47.0 Å². The van der Waals surface area contributed by atoms with Gasteiger partial charge in [-0.3, -0.25) is 14.5 Å². The smallest absolute Gasteiger partial charge is 0.305 e. The van der Waals surface area contributed by atoms with Crippen LogP contribution in [0.2, 0.25) is 0 Å². The summed E-state index contributed by atoms with van der Waals surface area (Å²) >= 11 is 0. The minimum Gasteiger partial charge on any atom is -0.466 e. The Bertz CT molecular complexity index is 260. The zero-order chi connectivity index (χ0) is 14.5. The van der Waals surface area contributed by atoms with Gasteiger partial charge in [0.15, 0.2) is 0 Å². The monoisotopic (exact) mass is 273 g/mol. The molecule has 112 valence electrons. The number of rotatable bonds is 11. The number of amides is 1. The minimum atomic E-state index is -0.207. The Hall–Kier alpha value is -1.14. The number of hydrogen-bond acceptors (Lipinski definition) is 5. The lowest BCUT2D eigenvalue weighted by molar-refractivity contribution is -0.143. The van der Waals surface area contributed by atoms with Crippen LogP contribution in [-0.4, -0.2) is 63.7 Å². The summed E-state index contributed by atoms with van der Waals surface area (Å²) in [6.45, 7) is 4.93. The van der Waals surface area contributed by atoms with Gasteiger partial charge >= 0.3 is 5.97 Å². The quantitative estimate of drug-likeness (QED) is 0.409. The summed E-state index contributed by atoms with van der Waals surface area (Å²) in [5.41, 5.74) is 0. The number of carbonyl (C=O) groups excluding carboxylic acids is 2. The van der Waals surface area contributed by atoms with Gasteiger partial charge < -0.3 is 15.4 Å². The van der Waals surface area contributed by atoms with Crippen LogP contribution in [0.3, 0.4) is 0 Å². The molecule has 0 saturated heterocycles. The molecular weight excluding hydrogens is 246 g/mol. The van der Waals surface area contributed by atoms with E-state index in [0.29, 0.717) is 32.5 Å². The summed E-state index contributed by atoms with van der Waals surface area (Å²) in [7, 11) is 3.84. The van der Waals surface area contributed by atoms with E-state index in [1.54, 1.807) is 6.92 Å². The van der Waals surface area contributed by atoms with Crippen LogP contribution in [0.5, 0.6) is 0 Å². The number of nitrogens with zero attached hydrogens (tertiary/aromatic N) is 1. The molecule has 0 aromatic carbocycles. The van der Waals surface area contributed by atoms with Crippen LogP contribution in [0.15, 0.2) is 0 Å². The molecule has 0 fully saturated rings. The van der Waals surface area contributed by atoms with Crippen LogP contribution in [0.4, 0.5) is 0 Å². The van der Waals surface area contributed by atoms with Gasteiger partial charge in [-0.15, -0.1) is 0 Å². The zero-order valence-electron chi connectivity index (χ0n) is 12.3. The topological polar surface area (TPSA) is 70.7 Å². The van der Waals surface area contributed by atoms with Crippen molar-refractivity contribution in [3.05, 3.63) is 0 Å². The van der Waals surface area contributed by atoms with E-state index in [1.807, 2.05) is 19.0 Å². The molecule has 0 aromatic heterocycles. The number of carbonyl (C=O) groups is 2. The molecule has 0 saturated carbocycles. The Balaban J connectivity index is 3.50. The van der Waals surface area contributed by atoms with Crippen molar-refractivity contribution in [1.82, 2.24) is 15.5 Å². The van der Waals surface area contributed by atoms with Gasteiger partial charge in [-0.1, -0.05) is 0 Å². The van der Waals surface area contributed by atoms with E-state index in [2.05, 4.69) is 10.6 Å². The fourth-order valence-corrected chi connectivity index (χ4v) is 1.60. The molecule has 2 N–H and O–H groups in total. The minimum absolute atomic E-state index is 0.00387. The molecule has 0 unspecified atom stereocenters. The van der Waals surface area contributed by atoms with E-state index >= 15 is 0 Å². The van der Waals surface area contributed by atoms with Gasteiger partial charge in [0.1, 0.15) is 0 Å². The Morgan fingerprint density at radius 2 is 1.95 bits per heavy atom. The molecule has 19 heavy (non-hydrogen) atoms. The zero-order valence-corrected chi connectivity index (χ0v) is 12.3. The maximum absolute atomic E-state index is 11.6. The van der Waals surface area contributed by atoms with Gasteiger partial charge in [0.25, 0.3) is 0 Å². The van der Waals surface area contributed by atoms with E-state index in [4.69, 9.17) is 4.74 Å². The molecule has 0 heterocycles. The molecule has 6 nitrogen and oxygen atoms in total. The number of nitrogens with one attached hydrogen (secondary N) is 2. The fourth-order valence-electron chi connectivity index (χ4n) is 1.60. The molecule has 1 amide bonds. The van der Waals surface area contributed by atoms with Crippen molar-refractivity contribution in [2.24, 2.45) is 0 Å². The van der Waals surface area contributed by atoms with E-state index in [-0.39, 0.29) is 11.9 Å². The highest BCUT2D eigenvalue weighted by molar-refractivity contribution is 5.78. The van der Waals surface area contributed by atoms with Crippen LogP contribution >= 0.6 is 0 Å². The number of likely N-dealkylation sites (N-methyl/N-ethyl adjacent to an activating group) is 1. The standard InChI is InChI=1S/C13H27N3O3/c1-4-19-13(18)7-5-9-15-12(17)11-16(3)10-6-8-14-2/h14H,4-11H2,1-3H3,(H,15,17). The summed E-state index contributed by atoms with van der Waals surface area (Å²) in [6.07, 6.45) is 1.99. The molecule has 0 aliphatic rings. The van der Waals surface area contributed by atoms with Gasteiger partial charge in [-0.2, -0.15) is 0 Å². The van der Waals surface area contributed by atoms with Crippen molar-refractivity contribution in [2.45, 2.75) is 26.2 Å². The molecule has 0 bridgehead atoms. The molecular formula is C13H27N3O3. The number of ether oxygens (including phenoxy) is 1. The highest BCUT2D eigenvalue weighted by Gasteiger charge is 2.06. The summed E-state index contributed by atoms with van der Waals surface area (Å²) in [5.74, 6) is -0.211. The summed E-state index contributed by atoms with van der Waals surface area (Å²) in [6, 6.07) is 0. The predicted octanol–water partition coefficient (Wildman–Crippen LogP) is -0.0128.